The molecular formula is C22H26N2O3. The fourth-order valence-electron chi connectivity index (χ4n) is 4.91. The molecule has 0 unspecified atom stereocenters. The number of benzene rings is 1. The van der Waals surface area contributed by atoms with E-state index in [1.54, 1.807) is 6.07 Å². The smallest absolute Gasteiger partial charge is 0.251 e. The lowest BCUT2D eigenvalue weighted by molar-refractivity contribution is 0.0234. The maximum absolute atomic E-state index is 12.8. The van der Waals surface area contributed by atoms with Crippen LogP contribution >= 0.6 is 0 Å². The molecule has 2 bridgehead atoms. The zero-order valence-electron chi connectivity index (χ0n) is 15.5. The van der Waals surface area contributed by atoms with E-state index in [2.05, 4.69) is 23.1 Å². The van der Waals surface area contributed by atoms with E-state index in [0.29, 0.717) is 31.1 Å². The van der Waals surface area contributed by atoms with E-state index in [1.807, 2.05) is 22.8 Å². The Morgan fingerprint density at radius 2 is 1.67 bits per heavy atom. The van der Waals surface area contributed by atoms with Gasteiger partial charge in [0, 0.05) is 37.3 Å². The molecule has 142 valence electrons. The molecule has 3 aliphatic rings. The van der Waals surface area contributed by atoms with Crippen LogP contribution in [-0.4, -0.2) is 55.0 Å². The van der Waals surface area contributed by atoms with Gasteiger partial charge in [-0.05, 0) is 29.5 Å². The van der Waals surface area contributed by atoms with E-state index in [-0.39, 0.29) is 5.56 Å². The number of ether oxygens (including phenoxy) is 2. The minimum Gasteiger partial charge on any atom is -0.377 e. The van der Waals surface area contributed by atoms with Crippen LogP contribution in [0.2, 0.25) is 0 Å². The molecule has 2 atom stereocenters. The van der Waals surface area contributed by atoms with E-state index in [9.17, 15) is 4.79 Å². The van der Waals surface area contributed by atoms with Crippen molar-refractivity contribution in [3.63, 3.8) is 0 Å². The van der Waals surface area contributed by atoms with E-state index < -0.39 is 0 Å². The summed E-state index contributed by atoms with van der Waals surface area (Å²) in [5.41, 5.74) is 3.47. The first-order chi connectivity index (χ1) is 13.3. The second-order valence-electron chi connectivity index (χ2n) is 8.04. The highest BCUT2D eigenvalue weighted by atomic mass is 16.5. The highest BCUT2D eigenvalue weighted by Gasteiger charge is 2.37. The molecule has 27 heavy (non-hydrogen) atoms. The number of aromatic nitrogens is 1. The summed E-state index contributed by atoms with van der Waals surface area (Å²) in [5.74, 6) is 0.928. The lowest BCUT2D eigenvalue weighted by Crippen LogP contribution is -2.52. The Hall–Kier alpha value is -1.95. The predicted molar refractivity (Wildman–Crippen MR) is 104 cm³/mol. The van der Waals surface area contributed by atoms with Crippen molar-refractivity contribution in [1.29, 1.82) is 0 Å². The molecule has 0 spiro atoms. The zero-order valence-corrected chi connectivity index (χ0v) is 15.5. The minimum atomic E-state index is 0.135. The molecule has 0 radical (unpaired) electrons. The van der Waals surface area contributed by atoms with Gasteiger partial charge >= 0.3 is 0 Å². The number of fused-ring (bicyclic) bond motifs is 4. The Kier molecular flexibility index (Phi) is 4.60. The highest BCUT2D eigenvalue weighted by molar-refractivity contribution is 5.63. The Morgan fingerprint density at radius 1 is 0.889 bits per heavy atom. The van der Waals surface area contributed by atoms with Crippen molar-refractivity contribution in [1.82, 2.24) is 9.47 Å². The van der Waals surface area contributed by atoms with Gasteiger partial charge in [-0.15, -0.1) is 0 Å². The van der Waals surface area contributed by atoms with E-state index in [4.69, 9.17) is 9.47 Å². The largest absolute Gasteiger partial charge is 0.377 e. The fraction of sp³-hybridized carbons (Fsp3) is 0.500. The van der Waals surface area contributed by atoms with Gasteiger partial charge in [-0.3, -0.25) is 9.69 Å². The van der Waals surface area contributed by atoms with Gasteiger partial charge in [0.25, 0.3) is 5.56 Å². The summed E-state index contributed by atoms with van der Waals surface area (Å²) in [6.45, 7) is 5.70. The molecular weight excluding hydrogens is 340 g/mol. The number of hydrogen-bond donors (Lipinski definition) is 0. The summed E-state index contributed by atoms with van der Waals surface area (Å²) in [6.07, 6.45) is 1.17. The van der Waals surface area contributed by atoms with Crippen LogP contribution in [0.15, 0.2) is 47.3 Å². The molecule has 1 aromatic carbocycles. The second-order valence-corrected chi connectivity index (χ2v) is 8.04. The summed E-state index contributed by atoms with van der Waals surface area (Å²) in [6, 6.07) is 14.6. The van der Waals surface area contributed by atoms with Gasteiger partial charge in [0.2, 0.25) is 0 Å². The average molecular weight is 366 g/mol. The predicted octanol–water partition coefficient (Wildman–Crippen LogP) is 2.35. The quantitative estimate of drug-likeness (QED) is 0.818. The first kappa shape index (κ1) is 17.2. The normalized spacial score (nSPS) is 26.4. The molecule has 5 heteroatoms. The van der Waals surface area contributed by atoms with E-state index in [0.717, 1.165) is 44.0 Å². The van der Waals surface area contributed by atoms with E-state index in [1.165, 1.54) is 12.1 Å². The van der Waals surface area contributed by atoms with Gasteiger partial charge in [0.05, 0.1) is 32.5 Å². The SMILES string of the molecule is O=c1cc(-c2ccccc2)cc2n1C[C@H]1C[C@@H]2CN(C2COCCOC2)C1. The zero-order chi connectivity index (χ0) is 18.2. The summed E-state index contributed by atoms with van der Waals surface area (Å²) in [5, 5.41) is 0. The van der Waals surface area contributed by atoms with Gasteiger partial charge < -0.3 is 14.0 Å². The number of piperidine rings is 1. The lowest BCUT2D eigenvalue weighted by Gasteiger charge is -2.45. The Labute approximate surface area is 159 Å². The monoisotopic (exact) mass is 366 g/mol. The van der Waals surface area contributed by atoms with Crippen molar-refractivity contribution < 1.29 is 9.47 Å². The topological polar surface area (TPSA) is 43.7 Å². The Balaban J connectivity index is 1.46. The summed E-state index contributed by atoms with van der Waals surface area (Å²) < 4.78 is 13.5. The molecule has 5 nitrogen and oxygen atoms in total. The molecule has 2 saturated heterocycles. The number of hydrogen-bond acceptors (Lipinski definition) is 4. The number of rotatable bonds is 2. The molecule has 3 aliphatic heterocycles. The number of likely N-dealkylation sites (tertiary alicyclic amines) is 1. The summed E-state index contributed by atoms with van der Waals surface area (Å²) in [7, 11) is 0. The third kappa shape index (κ3) is 3.35. The first-order valence-corrected chi connectivity index (χ1v) is 9.97. The van der Waals surface area contributed by atoms with Crippen LogP contribution in [0.25, 0.3) is 11.1 Å². The molecule has 2 fully saturated rings. The maximum Gasteiger partial charge on any atom is 0.251 e. The van der Waals surface area contributed by atoms with Crippen molar-refractivity contribution in [3.8, 4) is 11.1 Å². The highest BCUT2D eigenvalue weighted by Crippen LogP contribution is 2.37. The molecule has 2 aromatic rings. The van der Waals surface area contributed by atoms with Crippen molar-refractivity contribution in [2.24, 2.45) is 5.92 Å². The summed E-state index contributed by atoms with van der Waals surface area (Å²) >= 11 is 0. The molecule has 5 rings (SSSR count). The van der Waals surface area contributed by atoms with Gasteiger partial charge in [0.15, 0.2) is 0 Å². The second kappa shape index (κ2) is 7.23. The third-order valence-corrected chi connectivity index (χ3v) is 6.20. The number of nitrogens with zero attached hydrogens (tertiary/aromatic N) is 2. The standard InChI is InChI=1S/C22H26N2O3/c25-22-10-18(17-4-2-1-3-5-17)9-21-19-8-16(12-24(21)22)11-23(13-19)20-14-26-6-7-27-15-20/h1-5,9-10,16,19-20H,6-8,11-15H2/t16-,19+/m0/s1. The Morgan fingerprint density at radius 3 is 2.44 bits per heavy atom. The van der Waals surface area contributed by atoms with Gasteiger partial charge in [-0.25, -0.2) is 0 Å². The first-order valence-electron chi connectivity index (χ1n) is 9.97. The van der Waals surface area contributed by atoms with Crippen LogP contribution in [0.4, 0.5) is 0 Å². The van der Waals surface area contributed by atoms with Crippen LogP contribution in [0.1, 0.15) is 18.0 Å². The molecule has 1 aromatic heterocycles. The third-order valence-electron chi connectivity index (χ3n) is 6.20. The molecule has 0 amide bonds. The van der Waals surface area contributed by atoms with Gasteiger partial charge in [0.1, 0.15) is 0 Å². The molecule has 0 aliphatic carbocycles. The van der Waals surface area contributed by atoms with E-state index >= 15 is 0 Å². The van der Waals surface area contributed by atoms with Crippen LogP contribution in [0.3, 0.4) is 0 Å². The summed E-state index contributed by atoms with van der Waals surface area (Å²) in [4.78, 5) is 15.4. The van der Waals surface area contributed by atoms with Crippen LogP contribution in [-0.2, 0) is 16.0 Å². The molecule has 0 saturated carbocycles. The van der Waals surface area contributed by atoms with Gasteiger partial charge in [-0.1, -0.05) is 30.3 Å². The number of pyridine rings is 1. The van der Waals surface area contributed by atoms with Crippen LogP contribution < -0.4 is 5.56 Å². The Bertz CT molecular complexity index is 856. The van der Waals surface area contributed by atoms with Crippen molar-refractivity contribution >= 4 is 0 Å². The lowest BCUT2D eigenvalue weighted by atomic mass is 9.82. The van der Waals surface area contributed by atoms with Crippen LogP contribution in [0.5, 0.6) is 0 Å². The van der Waals surface area contributed by atoms with Crippen molar-refractivity contribution in [3.05, 3.63) is 58.5 Å². The minimum absolute atomic E-state index is 0.135. The molecule has 4 heterocycles. The average Bonchev–Trinajstić information content (AvgIpc) is 2.99. The fourth-order valence-corrected chi connectivity index (χ4v) is 4.91. The van der Waals surface area contributed by atoms with Gasteiger partial charge in [-0.2, -0.15) is 0 Å². The molecule has 0 N–H and O–H groups in total. The van der Waals surface area contributed by atoms with Crippen molar-refractivity contribution in [2.45, 2.75) is 24.9 Å². The van der Waals surface area contributed by atoms with Crippen LogP contribution in [0, 0.1) is 5.92 Å². The maximum atomic E-state index is 12.8. The van der Waals surface area contributed by atoms with Crippen molar-refractivity contribution in [2.75, 3.05) is 39.5 Å².